The van der Waals surface area contributed by atoms with E-state index in [1.165, 1.54) is 14.0 Å². The highest BCUT2D eigenvalue weighted by Crippen LogP contribution is 2.23. The smallest absolute Gasteiger partial charge is 0.323 e. The van der Waals surface area contributed by atoms with Gasteiger partial charge in [0.1, 0.15) is 12.2 Å². The average Bonchev–Trinajstić information content (AvgIpc) is 2.62. The minimum atomic E-state index is -1.17. The molecule has 9 nitrogen and oxygen atoms in total. The molecule has 20 heavy (non-hydrogen) atoms. The Balaban J connectivity index is 3.24. The zero-order valence-electron chi connectivity index (χ0n) is 11.5. The number of aliphatic carboxylic acids is 1. The lowest BCUT2D eigenvalue weighted by Crippen LogP contribution is -2.37. The van der Waals surface area contributed by atoms with Gasteiger partial charge in [-0.05, 0) is 13.3 Å². The zero-order valence-corrected chi connectivity index (χ0v) is 11.5. The van der Waals surface area contributed by atoms with Crippen LogP contribution in [-0.2, 0) is 11.8 Å². The van der Waals surface area contributed by atoms with Crippen molar-refractivity contribution in [3.05, 3.63) is 21.5 Å². The molecule has 110 valence electrons. The molecule has 0 aliphatic rings. The Morgan fingerprint density at radius 3 is 2.55 bits per heavy atom. The number of carbonyl (C=O) groups is 2. The van der Waals surface area contributed by atoms with Gasteiger partial charge in [0, 0.05) is 13.6 Å². The molecule has 0 spiro atoms. The molecule has 0 aliphatic carbocycles. The van der Waals surface area contributed by atoms with Gasteiger partial charge >= 0.3 is 11.7 Å². The van der Waals surface area contributed by atoms with Gasteiger partial charge in [-0.2, -0.15) is 5.10 Å². The number of aromatic nitrogens is 2. The Morgan fingerprint density at radius 2 is 2.10 bits per heavy atom. The van der Waals surface area contributed by atoms with Gasteiger partial charge in [0.2, 0.25) is 5.69 Å². The predicted octanol–water partition coefficient (Wildman–Crippen LogP) is 0.574. The largest absolute Gasteiger partial charge is 0.480 e. The number of hydrogen-bond acceptors (Lipinski definition) is 5. The molecule has 1 aromatic rings. The van der Waals surface area contributed by atoms with Crippen LogP contribution in [0.1, 0.15) is 29.5 Å². The Morgan fingerprint density at radius 1 is 1.50 bits per heavy atom. The minimum absolute atomic E-state index is 0.118. The highest BCUT2D eigenvalue weighted by molar-refractivity contribution is 5.98. The van der Waals surface area contributed by atoms with Crippen molar-refractivity contribution in [1.82, 2.24) is 14.7 Å². The maximum atomic E-state index is 12.3. The molecule has 0 aliphatic heterocycles. The van der Waals surface area contributed by atoms with E-state index in [1.807, 2.05) is 0 Å². The summed E-state index contributed by atoms with van der Waals surface area (Å²) in [5.74, 6) is -1.88. The van der Waals surface area contributed by atoms with E-state index in [4.69, 9.17) is 5.11 Å². The van der Waals surface area contributed by atoms with E-state index in [-0.39, 0.29) is 23.6 Å². The van der Waals surface area contributed by atoms with Crippen molar-refractivity contribution in [3.63, 3.8) is 0 Å². The number of nitro groups is 1. The molecule has 0 unspecified atom stereocenters. The second kappa shape index (κ2) is 6.13. The fraction of sp³-hybridized carbons (Fsp3) is 0.545. The first kappa shape index (κ1) is 15.6. The third-order valence-corrected chi connectivity index (χ3v) is 2.68. The van der Waals surface area contributed by atoms with Gasteiger partial charge < -0.3 is 10.0 Å². The maximum absolute atomic E-state index is 12.3. The summed E-state index contributed by atoms with van der Waals surface area (Å²) in [5.41, 5.74) is -0.473. The van der Waals surface area contributed by atoms with Gasteiger partial charge in [-0.1, -0.05) is 6.92 Å². The van der Waals surface area contributed by atoms with Crippen LogP contribution in [0.2, 0.25) is 0 Å². The van der Waals surface area contributed by atoms with Crippen LogP contribution in [0.4, 0.5) is 5.69 Å². The summed E-state index contributed by atoms with van der Waals surface area (Å²) >= 11 is 0. The number of nitrogens with zero attached hydrogens (tertiary/aromatic N) is 4. The molecule has 1 heterocycles. The van der Waals surface area contributed by atoms with Crippen molar-refractivity contribution in [2.45, 2.75) is 20.3 Å². The van der Waals surface area contributed by atoms with E-state index in [0.717, 1.165) is 9.58 Å². The summed E-state index contributed by atoms with van der Waals surface area (Å²) in [7, 11) is 1.41. The molecular weight excluding hydrogens is 268 g/mol. The van der Waals surface area contributed by atoms with Gasteiger partial charge in [0.05, 0.1) is 4.92 Å². The maximum Gasteiger partial charge on any atom is 0.323 e. The number of carbonyl (C=O) groups excluding carboxylic acids is 1. The molecule has 0 atom stereocenters. The number of carboxylic acids is 1. The summed E-state index contributed by atoms with van der Waals surface area (Å²) < 4.78 is 1.11. The predicted molar refractivity (Wildman–Crippen MR) is 68.4 cm³/mol. The van der Waals surface area contributed by atoms with E-state index >= 15 is 0 Å². The van der Waals surface area contributed by atoms with Crippen LogP contribution in [0.15, 0.2) is 0 Å². The Kier molecular flexibility index (Phi) is 4.78. The Labute approximate surface area is 114 Å². The van der Waals surface area contributed by atoms with Crippen LogP contribution >= 0.6 is 0 Å². The quantitative estimate of drug-likeness (QED) is 0.602. The Bertz CT molecular complexity index is 551. The SMILES string of the molecule is CCCN(CC(=O)O)C(=O)c1c([N+](=O)[O-])c(C)nn1C. The second-order valence-electron chi connectivity index (χ2n) is 4.28. The summed E-state index contributed by atoms with van der Waals surface area (Å²) in [6.45, 7) is 2.90. The van der Waals surface area contributed by atoms with Gasteiger partial charge in [0.15, 0.2) is 0 Å². The summed E-state index contributed by atoms with van der Waals surface area (Å²) in [5, 5.41) is 23.7. The lowest BCUT2D eigenvalue weighted by Gasteiger charge is -2.19. The van der Waals surface area contributed by atoms with Gasteiger partial charge in [-0.15, -0.1) is 0 Å². The lowest BCUT2D eigenvalue weighted by molar-refractivity contribution is -0.385. The van der Waals surface area contributed by atoms with Crippen molar-refractivity contribution in [1.29, 1.82) is 0 Å². The van der Waals surface area contributed by atoms with Gasteiger partial charge in [-0.25, -0.2) is 0 Å². The molecule has 1 N–H and O–H groups in total. The van der Waals surface area contributed by atoms with Crippen LogP contribution in [0.3, 0.4) is 0 Å². The van der Waals surface area contributed by atoms with Crippen LogP contribution in [0.25, 0.3) is 0 Å². The number of carboxylic acid groups (broad SMARTS) is 1. The third kappa shape index (κ3) is 3.11. The number of amides is 1. The minimum Gasteiger partial charge on any atom is -0.480 e. The molecular formula is C11H16N4O5. The monoisotopic (exact) mass is 284 g/mol. The van der Waals surface area contributed by atoms with E-state index in [2.05, 4.69) is 5.10 Å². The van der Waals surface area contributed by atoms with E-state index in [0.29, 0.717) is 6.42 Å². The van der Waals surface area contributed by atoms with Gasteiger partial charge in [0.25, 0.3) is 5.91 Å². The van der Waals surface area contributed by atoms with Crippen molar-refractivity contribution in [2.24, 2.45) is 7.05 Å². The van der Waals surface area contributed by atoms with E-state index in [9.17, 15) is 19.7 Å². The second-order valence-corrected chi connectivity index (χ2v) is 4.28. The highest BCUT2D eigenvalue weighted by Gasteiger charge is 2.32. The molecule has 0 saturated heterocycles. The van der Waals surface area contributed by atoms with Crippen molar-refractivity contribution < 1.29 is 19.6 Å². The first-order chi connectivity index (χ1) is 9.29. The number of aryl methyl sites for hydroxylation is 2. The zero-order chi connectivity index (χ0) is 15.4. The lowest BCUT2D eigenvalue weighted by atomic mass is 10.2. The highest BCUT2D eigenvalue weighted by atomic mass is 16.6. The van der Waals surface area contributed by atoms with E-state index in [1.54, 1.807) is 6.92 Å². The van der Waals surface area contributed by atoms with Crippen molar-refractivity contribution >= 4 is 17.6 Å². The molecule has 0 saturated carbocycles. The third-order valence-electron chi connectivity index (χ3n) is 2.68. The summed E-state index contributed by atoms with van der Waals surface area (Å²) in [4.78, 5) is 34.5. The average molecular weight is 284 g/mol. The van der Waals surface area contributed by atoms with E-state index < -0.39 is 23.3 Å². The Hall–Kier alpha value is -2.45. The van der Waals surface area contributed by atoms with Crippen molar-refractivity contribution in [3.8, 4) is 0 Å². The van der Waals surface area contributed by atoms with Gasteiger partial charge in [-0.3, -0.25) is 24.4 Å². The molecule has 0 fully saturated rings. The fourth-order valence-electron chi connectivity index (χ4n) is 1.94. The van der Waals surface area contributed by atoms with Crippen LogP contribution in [0.5, 0.6) is 0 Å². The molecule has 0 bridgehead atoms. The first-order valence-corrected chi connectivity index (χ1v) is 5.98. The van der Waals surface area contributed by atoms with Crippen LogP contribution < -0.4 is 0 Å². The summed E-state index contributed by atoms with van der Waals surface area (Å²) in [6.07, 6.45) is 0.545. The molecule has 1 aromatic heterocycles. The topological polar surface area (TPSA) is 119 Å². The normalized spacial score (nSPS) is 10.3. The van der Waals surface area contributed by atoms with Crippen molar-refractivity contribution in [2.75, 3.05) is 13.1 Å². The molecule has 0 aromatic carbocycles. The molecule has 0 radical (unpaired) electrons. The number of rotatable bonds is 6. The summed E-state index contributed by atoms with van der Waals surface area (Å²) in [6, 6.07) is 0. The van der Waals surface area contributed by atoms with Crippen LogP contribution in [0, 0.1) is 17.0 Å². The molecule has 9 heteroatoms. The molecule has 1 rings (SSSR count). The standard InChI is InChI=1S/C11H16N4O5/c1-4-5-14(6-8(16)17)11(18)10-9(15(19)20)7(2)12-13(10)3/h4-6H2,1-3H3,(H,16,17). The molecule has 1 amide bonds. The van der Waals surface area contributed by atoms with Crippen LogP contribution in [-0.4, -0.2) is 49.7 Å². The first-order valence-electron chi connectivity index (χ1n) is 5.98. The number of hydrogen-bond donors (Lipinski definition) is 1. The fourth-order valence-corrected chi connectivity index (χ4v) is 1.94.